The highest BCUT2D eigenvalue weighted by atomic mass is 32.2. The largest absolute Gasteiger partial charge is 0.480 e. The zero-order chi connectivity index (χ0) is 50.0. The summed E-state index contributed by atoms with van der Waals surface area (Å²) < 4.78 is 11.4. The summed E-state index contributed by atoms with van der Waals surface area (Å²) in [6, 6.07) is -2.32. The van der Waals surface area contributed by atoms with Crippen molar-refractivity contribution in [3.8, 4) is 0 Å². The molecule has 9 N–H and O–H groups in total. The van der Waals surface area contributed by atoms with Crippen LogP contribution >= 0.6 is 11.8 Å². The van der Waals surface area contributed by atoms with Crippen molar-refractivity contribution in [2.75, 3.05) is 57.4 Å². The highest BCUT2D eigenvalue weighted by molar-refractivity contribution is 7.99. The van der Waals surface area contributed by atoms with E-state index in [1.807, 2.05) is 0 Å². The Hall–Kier alpha value is -2.46. The van der Waals surface area contributed by atoms with E-state index in [2.05, 4.69) is 35.1 Å². The van der Waals surface area contributed by atoms with Gasteiger partial charge in [-0.15, -0.1) is 0 Å². The van der Waals surface area contributed by atoms with E-state index in [9.17, 15) is 29.1 Å². The summed E-state index contributed by atoms with van der Waals surface area (Å²) in [6.45, 7) is 9.15. The number of esters is 2. The number of carbonyl (C=O) groups is 5. The fourth-order valence-electron chi connectivity index (χ4n) is 7.91. The van der Waals surface area contributed by atoms with Crippen molar-refractivity contribution in [1.29, 1.82) is 0 Å². The molecule has 0 rings (SSSR count). The first-order valence-electron chi connectivity index (χ1n) is 27.7. The van der Waals surface area contributed by atoms with Crippen LogP contribution in [0, 0.1) is 0 Å². The van der Waals surface area contributed by atoms with Gasteiger partial charge in [-0.2, -0.15) is 11.8 Å². The van der Waals surface area contributed by atoms with Gasteiger partial charge in [0.15, 0.2) is 0 Å². The van der Waals surface area contributed by atoms with Crippen LogP contribution in [0.15, 0.2) is 0 Å². The van der Waals surface area contributed by atoms with Crippen molar-refractivity contribution in [3.05, 3.63) is 0 Å². The third kappa shape index (κ3) is 46.0. The first-order valence-corrected chi connectivity index (χ1v) is 28.9. The Bertz CT molecular complexity index is 1200. The molecule has 0 aromatic rings. The SMILES string of the molecule is CCCCCCCCCCCCCCCC(=O)OCC(CSC[C@H](N)C(=O)N[C@@H](CCC(=O)NCCCNCCCCNCCCN)C(=O)O)OC(=O)CCCCCCCCCCCCCCC. The number of hydrogen-bond donors (Lipinski definition) is 7. The molecule has 0 fully saturated rings. The number of carboxylic acids is 1. The predicted octanol–water partition coefficient (Wildman–Crippen LogP) is 9.63. The molecule has 0 aliphatic carbocycles. The smallest absolute Gasteiger partial charge is 0.326 e. The fraction of sp³-hybridized carbons (Fsp3) is 0.906. The van der Waals surface area contributed by atoms with Gasteiger partial charge in [-0.25, -0.2) is 4.79 Å². The third-order valence-electron chi connectivity index (χ3n) is 12.3. The molecular formula is C53H104N6O8S. The standard InChI is InChI=1S/C53H104N6O8S/c1-3-5-7-9-11-13-15-17-19-21-23-25-27-33-50(61)66-43-46(67-51(62)34-28-26-24-22-20-18-16-14-12-10-8-6-4-2)44-68-45-47(55)52(63)59-48(53(64)65)35-36-49(60)58-42-32-41-57-39-30-29-38-56-40-31-37-54/h46-48,56-57H,3-45,54-55H2,1-2H3,(H,58,60)(H,59,63)(H,64,65)/t46?,47-,48-/m0/s1. The van der Waals surface area contributed by atoms with Crippen LogP contribution in [-0.4, -0.2) is 110 Å². The van der Waals surface area contributed by atoms with Gasteiger partial charge >= 0.3 is 17.9 Å². The Morgan fingerprint density at radius 3 is 1.44 bits per heavy atom. The van der Waals surface area contributed by atoms with Crippen LogP contribution in [0.25, 0.3) is 0 Å². The van der Waals surface area contributed by atoms with E-state index in [1.54, 1.807) is 0 Å². The zero-order valence-corrected chi connectivity index (χ0v) is 44.3. The van der Waals surface area contributed by atoms with Crippen molar-refractivity contribution in [2.24, 2.45) is 11.5 Å². The first-order chi connectivity index (χ1) is 33.1. The maximum Gasteiger partial charge on any atom is 0.326 e. The van der Waals surface area contributed by atoms with E-state index < -0.39 is 30.1 Å². The van der Waals surface area contributed by atoms with Crippen molar-refractivity contribution in [1.82, 2.24) is 21.3 Å². The van der Waals surface area contributed by atoms with E-state index in [4.69, 9.17) is 20.9 Å². The van der Waals surface area contributed by atoms with Gasteiger partial charge in [-0.1, -0.05) is 168 Å². The normalized spacial score (nSPS) is 12.6. The molecule has 0 saturated heterocycles. The van der Waals surface area contributed by atoms with Crippen LogP contribution in [0.4, 0.5) is 0 Å². The molecule has 14 nitrogen and oxygen atoms in total. The molecule has 0 aliphatic rings. The summed E-state index contributed by atoms with van der Waals surface area (Å²) in [7, 11) is 0. The molecule has 0 heterocycles. The molecule has 0 aliphatic heterocycles. The van der Waals surface area contributed by atoms with Gasteiger partial charge in [0.1, 0.15) is 18.8 Å². The number of amides is 2. The van der Waals surface area contributed by atoms with E-state index >= 15 is 0 Å². The Morgan fingerprint density at radius 1 is 0.529 bits per heavy atom. The molecule has 0 aromatic heterocycles. The summed E-state index contributed by atoms with van der Waals surface area (Å²) in [6.07, 6.45) is 35.2. The lowest BCUT2D eigenvalue weighted by molar-refractivity contribution is -0.157. The van der Waals surface area contributed by atoms with Gasteiger partial charge in [0.2, 0.25) is 11.8 Å². The highest BCUT2D eigenvalue weighted by Gasteiger charge is 2.25. The summed E-state index contributed by atoms with van der Waals surface area (Å²) >= 11 is 1.27. The Labute approximate surface area is 419 Å². The van der Waals surface area contributed by atoms with Crippen LogP contribution in [0.1, 0.15) is 232 Å². The number of hydrogen-bond acceptors (Lipinski definition) is 12. The number of carbonyl (C=O) groups excluding carboxylic acids is 4. The minimum absolute atomic E-state index is 0.0593. The Morgan fingerprint density at radius 2 is 0.971 bits per heavy atom. The summed E-state index contributed by atoms with van der Waals surface area (Å²) in [5.74, 6) is -2.47. The lowest BCUT2D eigenvalue weighted by Gasteiger charge is -2.20. The number of carboxylic acid groups (broad SMARTS) is 1. The lowest BCUT2D eigenvalue weighted by atomic mass is 10.0. The highest BCUT2D eigenvalue weighted by Crippen LogP contribution is 2.16. The van der Waals surface area contributed by atoms with Gasteiger partial charge in [0.05, 0.1) is 6.04 Å². The number of ether oxygens (including phenoxy) is 2. The van der Waals surface area contributed by atoms with E-state index in [0.717, 1.165) is 90.4 Å². The molecule has 2 amide bonds. The van der Waals surface area contributed by atoms with Gasteiger partial charge in [0, 0.05) is 37.3 Å². The van der Waals surface area contributed by atoms with Crippen LogP contribution in [0.3, 0.4) is 0 Å². The number of unbranched alkanes of at least 4 members (excludes halogenated alkanes) is 25. The van der Waals surface area contributed by atoms with E-state index in [1.165, 1.54) is 140 Å². The van der Waals surface area contributed by atoms with Crippen LogP contribution in [-0.2, 0) is 33.4 Å². The summed E-state index contributed by atoms with van der Waals surface area (Å²) in [5, 5.41) is 21.8. The second-order valence-electron chi connectivity index (χ2n) is 18.9. The van der Waals surface area contributed by atoms with Gasteiger partial charge in [-0.3, -0.25) is 19.2 Å². The number of thioether (sulfide) groups is 1. The molecule has 400 valence electrons. The van der Waals surface area contributed by atoms with Crippen molar-refractivity contribution >= 4 is 41.5 Å². The average molecular weight is 986 g/mol. The second-order valence-corrected chi connectivity index (χ2v) is 20.0. The van der Waals surface area contributed by atoms with Crippen LogP contribution < -0.4 is 32.7 Å². The molecule has 1 unspecified atom stereocenters. The number of aliphatic carboxylic acids is 1. The molecule has 0 aromatic carbocycles. The first kappa shape index (κ1) is 65.5. The third-order valence-corrected chi connectivity index (χ3v) is 13.5. The Balaban J connectivity index is 4.70. The molecule has 0 saturated carbocycles. The Kier molecular flexibility index (Phi) is 49.1. The lowest BCUT2D eigenvalue weighted by Crippen LogP contribution is -2.49. The van der Waals surface area contributed by atoms with Gasteiger partial charge < -0.3 is 47.3 Å². The molecular weight excluding hydrogens is 881 g/mol. The van der Waals surface area contributed by atoms with Crippen molar-refractivity contribution in [2.45, 2.75) is 250 Å². The monoisotopic (exact) mass is 985 g/mol. The zero-order valence-electron chi connectivity index (χ0n) is 43.5. The number of nitrogens with one attached hydrogen (secondary N) is 4. The van der Waals surface area contributed by atoms with E-state index in [-0.39, 0.29) is 55.2 Å². The average Bonchev–Trinajstić information content (AvgIpc) is 3.32. The molecule has 0 radical (unpaired) electrons. The molecule has 0 bridgehead atoms. The van der Waals surface area contributed by atoms with Gasteiger partial charge in [-0.05, 0) is 77.7 Å². The van der Waals surface area contributed by atoms with Crippen molar-refractivity contribution in [3.63, 3.8) is 0 Å². The molecule has 68 heavy (non-hydrogen) atoms. The van der Waals surface area contributed by atoms with Crippen LogP contribution in [0.5, 0.6) is 0 Å². The predicted molar refractivity (Wildman–Crippen MR) is 282 cm³/mol. The minimum Gasteiger partial charge on any atom is -0.480 e. The molecule has 15 heteroatoms. The minimum atomic E-state index is -1.27. The van der Waals surface area contributed by atoms with Gasteiger partial charge in [0.25, 0.3) is 0 Å². The maximum absolute atomic E-state index is 13.0. The fourth-order valence-corrected chi connectivity index (χ4v) is 8.88. The van der Waals surface area contributed by atoms with Crippen molar-refractivity contribution < 1.29 is 38.6 Å². The topological polar surface area (TPSA) is 224 Å². The quantitative estimate of drug-likeness (QED) is 0.0223. The second kappa shape index (κ2) is 50.9. The maximum atomic E-state index is 13.0. The summed E-state index contributed by atoms with van der Waals surface area (Å²) in [4.78, 5) is 63.0. The number of rotatable bonds is 53. The molecule has 0 spiro atoms. The summed E-state index contributed by atoms with van der Waals surface area (Å²) in [5.41, 5.74) is 11.7. The number of nitrogens with two attached hydrogens (primary N) is 2. The van der Waals surface area contributed by atoms with E-state index in [0.29, 0.717) is 19.5 Å². The molecule has 3 atom stereocenters. The van der Waals surface area contributed by atoms with Crippen LogP contribution in [0.2, 0.25) is 0 Å².